The smallest absolute Gasteiger partial charge is 0.396 e. The lowest BCUT2D eigenvalue weighted by molar-refractivity contribution is -0.137. The highest BCUT2D eigenvalue weighted by Crippen LogP contribution is 2.35. The lowest BCUT2D eigenvalue weighted by Gasteiger charge is -2.14. The molecule has 0 aliphatic carbocycles. The van der Waals surface area contributed by atoms with Crippen LogP contribution >= 0.6 is 0 Å². The zero-order valence-electron chi connectivity index (χ0n) is 9.79. The van der Waals surface area contributed by atoms with E-state index in [-0.39, 0.29) is 25.0 Å². The molecule has 102 valence electrons. The Balaban J connectivity index is 3.01. The van der Waals surface area contributed by atoms with Gasteiger partial charge >= 0.3 is 6.18 Å². The van der Waals surface area contributed by atoms with E-state index >= 15 is 0 Å². The van der Waals surface area contributed by atoms with Gasteiger partial charge in [0.25, 0.3) is 0 Å². The third kappa shape index (κ3) is 4.26. The predicted octanol–water partition coefficient (Wildman–Crippen LogP) is 2.29. The maximum absolute atomic E-state index is 12.8. The van der Waals surface area contributed by atoms with E-state index in [4.69, 9.17) is 10.4 Å². The second-order valence-electron chi connectivity index (χ2n) is 3.75. The van der Waals surface area contributed by atoms with Gasteiger partial charge in [0.2, 0.25) is 5.91 Å². The number of carbonyl (C=O) groups is 1. The number of nitrogens with zero attached hydrogens (tertiary/aromatic N) is 1. The first-order valence-corrected chi connectivity index (χ1v) is 5.40. The van der Waals surface area contributed by atoms with Crippen LogP contribution in [0.15, 0.2) is 18.2 Å². The average molecular weight is 272 g/mol. The Labute approximate surface area is 107 Å². The van der Waals surface area contributed by atoms with E-state index in [2.05, 4.69) is 5.32 Å². The van der Waals surface area contributed by atoms with Crippen molar-refractivity contribution < 1.29 is 23.1 Å². The van der Waals surface area contributed by atoms with Crippen molar-refractivity contribution in [3.8, 4) is 6.07 Å². The molecule has 2 N–H and O–H groups in total. The number of hydrogen-bond donors (Lipinski definition) is 2. The molecule has 1 rings (SSSR count). The minimum atomic E-state index is -4.66. The normalized spacial score (nSPS) is 10.9. The maximum atomic E-state index is 12.8. The Bertz CT molecular complexity index is 507. The summed E-state index contributed by atoms with van der Waals surface area (Å²) in [7, 11) is 0. The first-order chi connectivity index (χ1) is 8.88. The number of benzene rings is 1. The summed E-state index contributed by atoms with van der Waals surface area (Å²) in [6, 6.07) is 4.52. The SMILES string of the molecule is N#Cc1ccc(NC(=O)CCCO)c(C(F)(F)F)c1. The molecule has 0 fully saturated rings. The van der Waals surface area contributed by atoms with Crippen LogP contribution in [0, 0.1) is 11.3 Å². The van der Waals surface area contributed by atoms with E-state index < -0.39 is 23.3 Å². The van der Waals surface area contributed by atoms with Crippen molar-refractivity contribution in [2.45, 2.75) is 19.0 Å². The Hall–Kier alpha value is -2.07. The number of amides is 1. The highest BCUT2D eigenvalue weighted by Gasteiger charge is 2.34. The Morgan fingerprint density at radius 3 is 2.63 bits per heavy atom. The molecule has 0 aliphatic heterocycles. The molecule has 0 radical (unpaired) electrons. The molecular formula is C12H11F3N2O2. The van der Waals surface area contributed by atoms with Crippen molar-refractivity contribution in [1.82, 2.24) is 0 Å². The summed E-state index contributed by atoms with van der Waals surface area (Å²) >= 11 is 0. The van der Waals surface area contributed by atoms with Crippen LogP contribution in [0.5, 0.6) is 0 Å². The summed E-state index contributed by atoms with van der Waals surface area (Å²) in [5.74, 6) is -0.621. The van der Waals surface area contributed by atoms with E-state index in [1.165, 1.54) is 6.07 Å². The maximum Gasteiger partial charge on any atom is 0.418 e. The van der Waals surface area contributed by atoms with Crippen LogP contribution in [0.25, 0.3) is 0 Å². The molecule has 0 bridgehead atoms. The van der Waals surface area contributed by atoms with Gasteiger partial charge in [-0.2, -0.15) is 18.4 Å². The van der Waals surface area contributed by atoms with Crippen molar-refractivity contribution in [2.24, 2.45) is 0 Å². The minimum absolute atomic E-state index is 0.0756. The van der Waals surface area contributed by atoms with Gasteiger partial charge < -0.3 is 10.4 Å². The molecule has 0 aliphatic rings. The number of aliphatic hydroxyl groups excluding tert-OH is 1. The van der Waals surface area contributed by atoms with Crippen molar-refractivity contribution in [3.05, 3.63) is 29.3 Å². The summed E-state index contributed by atoms with van der Waals surface area (Å²) < 4.78 is 38.3. The number of aliphatic hydroxyl groups is 1. The van der Waals surface area contributed by atoms with Crippen molar-refractivity contribution in [3.63, 3.8) is 0 Å². The van der Waals surface area contributed by atoms with E-state index in [9.17, 15) is 18.0 Å². The first-order valence-electron chi connectivity index (χ1n) is 5.40. The third-order valence-corrected chi connectivity index (χ3v) is 2.29. The van der Waals surface area contributed by atoms with Gasteiger partial charge in [0.15, 0.2) is 0 Å². The Kier molecular flexibility index (Phi) is 4.89. The van der Waals surface area contributed by atoms with Gasteiger partial charge in [-0.1, -0.05) is 0 Å². The van der Waals surface area contributed by atoms with Gasteiger partial charge in [-0.15, -0.1) is 0 Å². The zero-order valence-corrected chi connectivity index (χ0v) is 9.79. The molecule has 1 amide bonds. The van der Waals surface area contributed by atoms with Gasteiger partial charge in [-0.05, 0) is 24.6 Å². The minimum Gasteiger partial charge on any atom is -0.396 e. The van der Waals surface area contributed by atoms with Crippen molar-refractivity contribution in [2.75, 3.05) is 11.9 Å². The summed E-state index contributed by atoms with van der Waals surface area (Å²) in [6.07, 6.45) is -4.57. The molecule has 4 nitrogen and oxygen atoms in total. The third-order valence-electron chi connectivity index (χ3n) is 2.29. The standard InChI is InChI=1S/C12H11F3N2O2/c13-12(14,15)9-6-8(7-16)3-4-10(9)17-11(19)2-1-5-18/h3-4,6,18H,1-2,5H2,(H,17,19). The summed E-state index contributed by atoms with van der Waals surface area (Å²) in [5, 5.41) is 19.2. The molecule has 0 atom stereocenters. The number of nitriles is 1. The fourth-order valence-corrected chi connectivity index (χ4v) is 1.41. The molecule has 7 heteroatoms. The molecule has 0 unspecified atom stereocenters. The van der Waals surface area contributed by atoms with E-state index in [1.807, 2.05) is 0 Å². The van der Waals surface area contributed by atoms with Gasteiger partial charge in [-0.3, -0.25) is 4.79 Å². The van der Waals surface area contributed by atoms with Crippen LogP contribution in [0.3, 0.4) is 0 Å². The average Bonchev–Trinajstić information content (AvgIpc) is 2.35. The number of hydrogen-bond acceptors (Lipinski definition) is 3. The van der Waals surface area contributed by atoms with Crippen LogP contribution in [0.4, 0.5) is 18.9 Å². The van der Waals surface area contributed by atoms with E-state index in [1.54, 1.807) is 6.07 Å². The highest BCUT2D eigenvalue weighted by atomic mass is 19.4. The van der Waals surface area contributed by atoms with Crippen LogP contribution < -0.4 is 5.32 Å². The van der Waals surface area contributed by atoms with Gasteiger partial charge in [-0.25, -0.2) is 0 Å². The van der Waals surface area contributed by atoms with Gasteiger partial charge in [0.1, 0.15) is 0 Å². The zero-order chi connectivity index (χ0) is 14.5. The number of halogens is 3. The second-order valence-corrected chi connectivity index (χ2v) is 3.75. The molecule has 1 aromatic carbocycles. The quantitative estimate of drug-likeness (QED) is 0.883. The first kappa shape index (κ1) is 15.0. The van der Waals surface area contributed by atoms with Crippen molar-refractivity contribution in [1.29, 1.82) is 5.26 Å². The Morgan fingerprint density at radius 1 is 1.42 bits per heavy atom. The molecular weight excluding hydrogens is 261 g/mol. The van der Waals surface area contributed by atoms with E-state index in [0.717, 1.165) is 6.07 Å². The topological polar surface area (TPSA) is 73.1 Å². The molecule has 0 saturated carbocycles. The van der Waals surface area contributed by atoms with Crippen molar-refractivity contribution >= 4 is 11.6 Å². The van der Waals surface area contributed by atoms with Crippen LogP contribution in [0.2, 0.25) is 0 Å². The monoisotopic (exact) mass is 272 g/mol. The van der Waals surface area contributed by atoms with E-state index in [0.29, 0.717) is 6.07 Å². The Morgan fingerprint density at radius 2 is 2.11 bits per heavy atom. The number of alkyl halides is 3. The molecule has 0 aromatic heterocycles. The molecule has 0 heterocycles. The molecule has 0 saturated heterocycles. The fraction of sp³-hybridized carbons (Fsp3) is 0.333. The lowest BCUT2D eigenvalue weighted by atomic mass is 10.1. The fourth-order valence-electron chi connectivity index (χ4n) is 1.41. The van der Waals surface area contributed by atoms with Gasteiger partial charge in [0.05, 0.1) is 22.9 Å². The highest BCUT2D eigenvalue weighted by molar-refractivity contribution is 5.91. The number of carbonyl (C=O) groups excluding carboxylic acids is 1. The summed E-state index contributed by atoms with van der Waals surface area (Å²) in [4.78, 5) is 11.4. The largest absolute Gasteiger partial charge is 0.418 e. The number of nitrogens with one attached hydrogen (secondary N) is 1. The molecule has 19 heavy (non-hydrogen) atoms. The van der Waals surface area contributed by atoms with Crippen LogP contribution in [0.1, 0.15) is 24.0 Å². The second kappa shape index (κ2) is 6.20. The number of anilines is 1. The lowest BCUT2D eigenvalue weighted by Crippen LogP contribution is -2.16. The summed E-state index contributed by atoms with van der Waals surface area (Å²) in [6.45, 7) is -0.215. The van der Waals surface area contributed by atoms with Gasteiger partial charge in [0, 0.05) is 13.0 Å². The van der Waals surface area contributed by atoms with Crippen LogP contribution in [-0.4, -0.2) is 17.6 Å². The molecule has 1 aromatic rings. The predicted molar refractivity (Wildman–Crippen MR) is 61.1 cm³/mol. The number of rotatable bonds is 4. The summed E-state index contributed by atoms with van der Waals surface area (Å²) in [5.41, 5.74) is -1.60. The van der Waals surface area contributed by atoms with Crippen LogP contribution in [-0.2, 0) is 11.0 Å². The molecule has 0 spiro atoms.